The third-order valence-corrected chi connectivity index (χ3v) is 4.49. The molecule has 0 saturated carbocycles. The van der Waals surface area contributed by atoms with Gasteiger partial charge in [-0.1, -0.05) is 17.3 Å². The number of hydrogen-bond acceptors (Lipinski definition) is 6. The van der Waals surface area contributed by atoms with Crippen molar-refractivity contribution >= 4 is 5.69 Å². The molecule has 4 rings (SSSR count). The zero-order chi connectivity index (χ0) is 17.1. The van der Waals surface area contributed by atoms with Crippen molar-refractivity contribution in [1.82, 2.24) is 20.0 Å². The van der Waals surface area contributed by atoms with E-state index >= 15 is 0 Å². The maximum atomic E-state index is 5.40. The maximum Gasteiger partial charge on any atom is 0.241 e. The van der Waals surface area contributed by atoms with Crippen LogP contribution in [0.5, 0.6) is 0 Å². The van der Waals surface area contributed by atoms with Crippen LogP contribution in [-0.4, -0.2) is 46.2 Å². The Morgan fingerprint density at radius 2 is 1.96 bits per heavy atom. The molecule has 1 aromatic carbocycles. The second-order valence-corrected chi connectivity index (χ2v) is 6.36. The molecule has 0 aliphatic carbocycles. The predicted molar refractivity (Wildman–Crippen MR) is 96.2 cm³/mol. The average Bonchev–Trinajstić information content (AvgIpc) is 3.12. The molecule has 0 bridgehead atoms. The Balaban J connectivity index is 1.35. The lowest BCUT2D eigenvalue weighted by Crippen LogP contribution is -2.46. The standard InChI is InChI=1S/C19H21N5O/c1-15-4-2-6-17(12-15)24-10-8-23(9-11-24)14-18-21-19(22-25-18)16-5-3-7-20-13-16/h2-7,12-13H,8-11,14H2,1H3. The van der Waals surface area contributed by atoms with Crippen LogP contribution in [0.25, 0.3) is 11.4 Å². The molecular weight excluding hydrogens is 314 g/mol. The molecule has 128 valence electrons. The van der Waals surface area contributed by atoms with Crippen molar-refractivity contribution in [3.8, 4) is 11.4 Å². The summed E-state index contributed by atoms with van der Waals surface area (Å²) in [6, 6.07) is 12.5. The highest BCUT2D eigenvalue weighted by molar-refractivity contribution is 5.52. The van der Waals surface area contributed by atoms with Crippen LogP contribution in [0.2, 0.25) is 0 Å². The fraction of sp³-hybridized carbons (Fsp3) is 0.316. The monoisotopic (exact) mass is 335 g/mol. The third kappa shape index (κ3) is 3.69. The van der Waals surface area contributed by atoms with E-state index < -0.39 is 0 Å². The third-order valence-electron chi connectivity index (χ3n) is 4.49. The number of pyridine rings is 1. The van der Waals surface area contributed by atoms with Crippen LogP contribution in [0, 0.1) is 6.92 Å². The molecule has 3 heterocycles. The molecule has 1 fully saturated rings. The van der Waals surface area contributed by atoms with Gasteiger partial charge in [0.05, 0.1) is 6.54 Å². The normalized spacial score (nSPS) is 15.5. The second kappa shape index (κ2) is 7.03. The van der Waals surface area contributed by atoms with Gasteiger partial charge in [0, 0.05) is 49.8 Å². The Hall–Kier alpha value is -2.73. The summed E-state index contributed by atoms with van der Waals surface area (Å²) in [7, 11) is 0. The Kier molecular flexibility index (Phi) is 4.43. The van der Waals surface area contributed by atoms with Gasteiger partial charge in [-0.15, -0.1) is 0 Å². The molecule has 1 saturated heterocycles. The van der Waals surface area contributed by atoms with Crippen molar-refractivity contribution in [1.29, 1.82) is 0 Å². The van der Waals surface area contributed by atoms with E-state index in [4.69, 9.17) is 4.52 Å². The average molecular weight is 335 g/mol. The topological polar surface area (TPSA) is 58.3 Å². The SMILES string of the molecule is Cc1cccc(N2CCN(Cc3nc(-c4cccnc4)no3)CC2)c1. The summed E-state index contributed by atoms with van der Waals surface area (Å²) in [5.41, 5.74) is 3.48. The van der Waals surface area contributed by atoms with Gasteiger partial charge < -0.3 is 9.42 Å². The van der Waals surface area contributed by atoms with Crippen molar-refractivity contribution in [2.45, 2.75) is 13.5 Å². The molecule has 6 heteroatoms. The summed E-state index contributed by atoms with van der Waals surface area (Å²) in [5.74, 6) is 1.25. The summed E-state index contributed by atoms with van der Waals surface area (Å²) >= 11 is 0. The van der Waals surface area contributed by atoms with Gasteiger partial charge in [-0.2, -0.15) is 4.98 Å². The van der Waals surface area contributed by atoms with E-state index in [9.17, 15) is 0 Å². The van der Waals surface area contributed by atoms with E-state index in [-0.39, 0.29) is 0 Å². The molecule has 0 amide bonds. The van der Waals surface area contributed by atoms with E-state index in [0.717, 1.165) is 31.7 Å². The Bertz CT molecular complexity index is 825. The molecule has 1 aliphatic rings. The van der Waals surface area contributed by atoms with Gasteiger partial charge in [-0.3, -0.25) is 9.88 Å². The first-order chi connectivity index (χ1) is 12.3. The minimum absolute atomic E-state index is 0.599. The Labute approximate surface area is 147 Å². The molecule has 25 heavy (non-hydrogen) atoms. The van der Waals surface area contributed by atoms with Gasteiger partial charge in [0.2, 0.25) is 11.7 Å². The molecule has 2 aromatic heterocycles. The van der Waals surface area contributed by atoms with Crippen molar-refractivity contribution in [2.24, 2.45) is 0 Å². The van der Waals surface area contributed by atoms with Gasteiger partial charge in [-0.25, -0.2) is 0 Å². The summed E-state index contributed by atoms with van der Waals surface area (Å²) in [6.45, 7) is 6.81. The number of aryl methyl sites for hydroxylation is 1. The van der Waals surface area contributed by atoms with Crippen LogP contribution in [0.3, 0.4) is 0 Å². The van der Waals surface area contributed by atoms with Crippen molar-refractivity contribution in [3.63, 3.8) is 0 Å². The Morgan fingerprint density at radius 1 is 1.08 bits per heavy atom. The lowest BCUT2D eigenvalue weighted by Gasteiger charge is -2.35. The molecule has 0 spiro atoms. The lowest BCUT2D eigenvalue weighted by atomic mass is 10.2. The van der Waals surface area contributed by atoms with E-state index in [2.05, 4.69) is 56.1 Å². The van der Waals surface area contributed by atoms with Gasteiger partial charge in [-0.05, 0) is 36.8 Å². The quantitative estimate of drug-likeness (QED) is 0.731. The van der Waals surface area contributed by atoms with Crippen LogP contribution < -0.4 is 4.90 Å². The van der Waals surface area contributed by atoms with Crippen LogP contribution >= 0.6 is 0 Å². The summed E-state index contributed by atoms with van der Waals surface area (Å²) in [4.78, 5) is 13.4. The number of benzene rings is 1. The fourth-order valence-electron chi connectivity index (χ4n) is 3.11. The highest BCUT2D eigenvalue weighted by atomic mass is 16.5. The molecular formula is C19H21N5O. The first-order valence-electron chi connectivity index (χ1n) is 8.55. The molecule has 6 nitrogen and oxygen atoms in total. The lowest BCUT2D eigenvalue weighted by molar-refractivity contribution is 0.215. The number of rotatable bonds is 4. The zero-order valence-electron chi connectivity index (χ0n) is 14.3. The van der Waals surface area contributed by atoms with Crippen LogP contribution in [-0.2, 0) is 6.54 Å². The summed E-state index contributed by atoms with van der Waals surface area (Å²) in [6.07, 6.45) is 3.48. The van der Waals surface area contributed by atoms with E-state index in [1.165, 1.54) is 11.3 Å². The van der Waals surface area contributed by atoms with Crippen molar-refractivity contribution < 1.29 is 4.52 Å². The van der Waals surface area contributed by atoms with Crippen LogP contribution in [0.1, 0.15) is 11.5 Å². The predicted octanol–water partition coefficient (Wildman–Crippen LogP) is 2.76. The van der Waals surface area contributed by atoms with Gasteiger partial charge in [0.25, 0.3) is 0 Å². The molecule has 3 aromatic rings. The molecule has 0 N–H and O–H groups in total. The van der Waals surface area contributed by atoms with Gasteiger partial charge in [0.15, 0.2) is 0 Å². The minimum Gasteiger partial charge on any atom is -0.369 e. The number of aromatic nitrogens is 3. The molecule has 0 unspecified atom stereocenters. The molecule has 0 radical (unpaired) electrons. The summed E-state index contributed by atoms with van der Waals surface area (Å²) < 4.78 is 5.40. The zero-order valence-corrected chi connectivity index (χ0v) is 14.3. The van der Waals surface area contributed by atoms with E-state index in [1.54, 1.807) is 12.4 Å². The maximum absolute atomic E-state index is 5.40. The smallest absolute Gasteiger partial charge is 0.241 e. The largest absolute Gasteiger partial charge is 0.369 e. The number of anilines is 1. The number of hydrogen-bond donors (Lipinski definition) is 0. The number of piperazine rings is 1. The first-order valence-corrected chi connectivity index (χ1v) is 8.55. The highest BCUT2D eigenvalue weighted by Crippen LogP contribution is 2.19. The van der Waals surface area contributed by atoms with Crippen LogP contribution in [0.4, 0.5) is 5.69 Å². The summed E-state index contributed by atoms with van der Waals surface area (Å²) in [5, 5.41) is 4.06. The van der Waals surface area contributed by atoms with Gasteiger partial charge in [0.1, 0.15) is 0 Å². The van der Waals surface area contributed by atoms with E-state index in [1.807, 2.05) is 12.1 Å². The van der Waals surface area contributed by atoms with Gasteiger partial charge >= 0.3 is 0 Å². The Morgan fingerprint density at radius 3 is 2.72 bits per heavy atom. The van der Waals surface area contributed by atoms with Crippen molar-refractivity contribution in [2.75, 3.05) is 31.1 Å². The van der Waals surface area contributed by atoms with Crippen LogP contribution in [0.15, 0.2) is 53.3 Å². The fourth-order valence-corrected chi connectivity index (χ4v) is 3.11. The molecule has 0 atom stereocenters. The van der Waals surface area contributed by atoms with Crippen molar-refractivity contribution in [3.05, 3.63) is 60.2 Å². The second-order valence-electron chi connectivity index (χ2n) is 6.36. The molecule has 1 aliphatic heterocycles. The minimum atomic E-state index is 0.599. The highest BCUT2D eigenvalue weighted by Gasteiger charge is 2.19. The number of nitrogens with zero attached hydrogens (tertiary/aromatic N) is 5. The first kappa shape index (κ1) is 15.8. The van der Waals surface area contributed by atoms with E-state index in [0.29, 0.717) is 18.3 Å².